The van der Waals surface area contributed by atoms with Crippen molar-refractivity contribution in [1.29, 1.82) is 0 Å². The van der Waals surface area contributed by atoms with Gasteiger partial charge in [-0.15, -0.1) is 22.7 Å². The van der Waals surface area contributed by atoms with Crippen LogP contribution in [0.1, 0.15) is 61.3 Å². The number of thioether (sulfide) groups is 1. The summed E-state index contributed by atoms with van der Waals surface area (Å²) in [7, 11) is 0. The van der Waals surface area contributed by atoms with E-state index in [1.54, 1.807) is 28.9 Å². The highest BCUT2D eigenvalue weighted by Gasteiger charge is 2.53. The van der Waals surface area contributed by atoms with Crippen LogP contribution in [0.2, 0.25) is 0 Å². The minimum absolute atomic E-state index is 0.231. The molecule has 3 saturated carbocycles. The van der Waals surface area contributed by atoms with E-state index in [1.165, 1.54) is 38.9 Å². The van der Waals surface area contributed by atoms with Crippen molar-refractivity contribution in [3.05, 3.63) is 180 Å². The number of anilines is 6. The van der Waals surface area contributed by atoms with Crippen LogP contribution >= 0.6 is 70.1 Å². The summed E-state index contributed by atoms with van der Waals surface area (Å²) in [5, 5.41) is 6.73. The number of aromatic nitrogens is 6. The molecule has 5 atom stereocenters. The van der Waals surface area contributed by atoms with E-state index in [9.17, 15) is 14.4 Å². The van der Waals surface area contributed by atoms with Gasteiger partial charge in [-0.25, -0.2) is 20.0 Å². The second kappa shape index (κ2) is 23.8. The minimum Gasteiger partial charge on any atom is -0.301 e. The van der Waals surface area contributed by atoms with E-state index in [0.29, 0.717) is 74.5 Å². The lowest BCUT2D eigenvalue weighted by Gasteiger charge is -2.43. The molecule has 92 heavy (non-hydrogen) atoms. The van der Waals surface area contributed by atoms with Gasteiger partial charge in [0.15, 0.2) is 16.7 Å². The zero-order valence-electron chi connectivity index (χ0n) is 50.4. The number of pyridine rings is 2. The summed E-state index contributed by atoms with van der Waals surface area (Å²) in [4.78, 5) is 69.2. The molecule has 454 valence electrons. The number of thiophene rings is 2. The minimum atomic E-state index is -0.482. The molecular weight excluding hydrogens is 1260 g/mol. The number of benzene rings is 6. The first-order valence-electron chi connectivity index (χ1n) is 30.9. The highest BCUT2D eigenvalue weighted by molar-refractivity contribution is 8.35. The van der Waals surface area contributed by atoms with E-state index in [4.69, 9.17) is 45.3 Å². The van der Waals surface area contributed by atoms with Gasteiger partial charge in [0.05, 0.1) is 29.2 Å². The molecule has 6 aromatic heterocycles. The molecule has 20 heteroatoms. The first-order valence-corrected chi connectivity index (χ1v) is 35.2. The second-order valence-electron chi connectivity index (χ2n) is 24.4. The number of thiocarbonyl (C=S) groups is 1. The summed E-state index contributed by atoms with van der Waals surface area (Å²) in [5.74, 6) is 0.179. The number of carbonyl (C=O) groups is 3. The average Bonchev–Trinajstić information content (AvgIpc) is 1.60. The Hall–Kier alpha value is -8.63. The molecule has 7 heterocycles. The third-order valence-corrected chi connectivity index (χ3v) is 23.7. The fourth-order valence-corrected chi connectivity index (χ4v) is 19.2. The normalized spacial score (nSPS) is 20.0. The number of rotatable bonds is 13. The van der Waals surface area contributed by atoms with E-state index >= 15 is 0 Å². The largest absolute Gasteiger partial charge is 0.301 e. The third-order valence-electron chi connectivity index (χ3n) is 18.8. The number of aryl methyl sites for hydroxylation is 3. The smallest absolute Gasteiger partial charge is 0.285 e. The lowest BCUT2D eigenvalue weighted by atomic mass is 9.61. The van der Waals surface area contributed by atoms with Crippen LogP contribution in [-0.2, 0) is 20.8 Å². The topological polar surface area (TPSA) is 163 Å². The highest BCUT2D eigenvalue weighted by Crippen LogP contribution is 2.54. The molecule has 1 saturated heterocycles. The lowest BCUT2D eigenvalue weighted by molar-refractivity contribution is -0.135. The number of hydrogen-bond donors (Lipinski definition) is 0. The second-order valence-corrected chi connectivity index (χ2v) is 29.1. The van der Waals surface area contributed by atoms with Gasteiger partial charge in [0.2, 0.25) is 11.6 Å². The molecule has 12 aromatic rings. The van der Waals surface area contributed by atoms with Crippen LogP contribution in [0.15, 0.2) is 168 Å². The number of aliphatic imine (C=N–C) groups is 2. The summed E-state index contributed by atoms with van der Waals surface area (Å²) < 4.78 is 19.6. The first-order chi connectivity index (χ1) is 44.9. The van der Waals surface area contributed by atoms with E-state index in [2.05, 4.69) is 181 Å². The van der Waals surface area contributed by atoms with Crippen molar-refractivity contribution in [1.82, 2.24) is 32.4 Å². The molecule has 0 radical (unpaired) electrons. The Morgan fingerprint density at radius 2 is 1.01 bits per heavy atom. The summed E-state index contributed by atoms with van der Waals surface area (Å²) in [6.45, 7) is 8.67. The Kier molecular flexibility index (Phi) is 15.1. The Labute approximate surface area is 556 Å². The number of amides is 1. The standard InChI is InChI=1S/C72H57N11O3S6/c1-5-81-69(86)68(90-72(81)87)76-67-61-58(78-92-80-61)56(37-74-67)65-50-11-7-9-13-52(50)71(89-65)83(47-28-18-40(4)19-29-47)48-30-21-41(22-31-48)32-42-20-23-43-34-54-53(35-44(43)33-42)59(63(85)62(54)84)75-66-60-57(77-91-79-60)55(36-73-66)64-49-10-6-8-12-51(49)70(88-64)82(45-24-14-38(2)15-25-45)46-26-16-39(3)17-27-46/h6-19,21-22,24-31,36-37,42-44,53-54H,5,20,23,32-35H2,1-4H3. The fraction of sp³-hybridized carbons (Fsp3) is 0.222. The summed E-state index contributed by atoms with van der Waals surface area (Å²) >= 11 is 12.2. The molecule has 0 spiro atoms. The van der Waals surface area contributed by atoms with E-state index < -0.39 is 5.78 Å². The van der Waals surface area contributed by atoms with Gasteiger partial charge in [-0.1, -0.05) is 126 Å². The van der Waals surface area contributed by atoms with Crippen molar-refractivity contribution >= 4 is 191 Å². The molecule has 5 unspecified atom stereocenters. The first kappa shape index (κ1) is 58.5. The monoisotopic (exact) mass is 1320 g/mol. The van der Waals surface area contributed by atoms with Gasteiger partial charge in [-0.05, 0) is 150 Å². The number of fused-ring (bicyclic) bond motifs is 6. The fourth-order valence-electron chi connectivity index (χ4n) is 14.2. The molecule has 14 nitrogen and oxygen atoms in total. The van der Waals surface area contributed by atoms with Gasteiger partial charge in [0.25, 0.3) is 5.91 Å². The third kappa shape index (κ3) is 10.3. The number of Topliss-reactive ketones (excluding diaryl/α,β-unsaturated/α-hetero) is 2. The van der Waals surface area contributed by atoms with Gasteiger partial charge in [0, 0.05) is 95.9 Å². The van der Waals surface area contributed by atoms with Crippen LogP contribution in [0.25, 0.3) is 64.5 Å². The SMILES string of the molecule is CCN1C(=O)C(=Nc2ncc(-c3sc(N(c4ccc(C)cc4)c4ccc(CC5CCC6CC7C(=O)C(=O)C(=Nc8ncc(-c9sc(N(c%10ccc(C)cc%10)c%10ccc(C)cc%10)c%10ccccc9%10)c9nsnc89)C7CC6C5)cc4)c4ccccc34)c3nsnc23)SC1=S. The van der Waals surface area contributed by atoms with Crippen LogP contribution in [0, 0.1) is 50.4 Å². The molecule has 16 rings (SSSR count). The summed E-state index contributed by atoms with van der Waals surface area (Å²) in [6, 6.07) is 51.9. The van der Waals surface area contributed by atoms with E-state index in [1.807, 2.05) is 13.1 Å². The van der Waals surface area contributed by atoms with Gasteiger partial charge in [0.1, 0.15) is 36.4 Å². The Bertz CT molecular complexity index is 4990. The van der Waals surface area contributed by atoms with Gasteiger partial charge < -0.3 is 9.80 Å². The number of carbonyl (C=O) groups excluding carboxylic acids is 3. The van der Waals surface area contributed by atoms with Gasteiger partial charge >= 0.3 is 0 Å². The number of nitrogens with zero attached hydrogens (tertiary/aromatic N) is 11. The van der Waals surface area contributed by atoms with Crippen molar-refractivity contribution in [2.45, 2.75) is 66.2 Å². The van der Waals surface area contributed by atoms with E-state index in [-0.39, 0.29) is 28.6 Å². The lowest BCUT2D eigenvalue weighted by Crippen LogP contribution is -2.37. The number of ketones is 2. The predicted octanol–water partition coefficient (Wildman–Crippen LogP) is 18.6. The summed E-state index contributed by atoms with van der Waals surface area (Å²) in [5.41, 5.74) is 13.4. The van der Waals surface area contributed by atoms with Gasteiger partial charge in [-0.2, -0.15) is 17.5 Å². The summed E-state index contributed by atoms with van der Waals surface area (Å²) in [6.07, 6.45) is 9.14. The maximum absolute atomic E-state index is 14.2. The zero-order chi connectivity index (χ0) is 62.5. The average molecular weight is 1320 g/mol. The molecule has 1 amide bonds. The van der Waals surface area contributed by atoms with Gasteiger partial charge in [-0.3, -0.25) is 19.3 Å². The molecule has 0 N–H and O–H groups in total. The number of hydrogen-bond acceptors (Lipinski definition) is 19. The van der Waals surface area contributed by atoms with Crippen LogP contribution in [-0.4, -0.2) is 71.5 Å². The van der Waals surface area contributed by atoms with E-state index in [0.717, 1.165) is 131 Å². The molecule has 4 aliphatic rings. The van der Waals surface area contributed by atoms with Crippen molar-refractivity contribution in [3.63, 3.8) is 0 Å². The van der Waals surface area contributed by atoms with Crippen molar-refractivity contribution < 1.29 is 14.4 Å². The quantitative estimate of drug-likeness (QED) is 0.0792. The maximum atomic E-state index is 14.2. The zero-order valence-corrected chi connectivity index (χ0v) is 55.3. The maximum Gasteiger partial charge on any atom is 0.285 e. The van der Waals surface area contributed by atoms with Crippen molar-refractivity contribution in [2.75, 3.05) is 16.3 Å². The van der Waals surface area contributed by atoms with Crippen LogP contribution in [0.4, 0.5) is 44.4 Å². The highest BCUT2D eigenvalue weighted by atomic mass is 32.2. The van der Waals surface area contributed by atoms with Crippen LogP contribution < -0.4 is 9.80 Å². The van der Waals surface area contributed by atoms with Crippen LogP contribution in [0.3, 0.4) is 0 Å². The molecular formula is C72H57N11O3S6. The Balaban J connectivity index is 0.663. The Morgan fingerprint density at radius 1 is 0.543 bits per heavy atom. The van der Waals surface area contributed by atoms with Crippen LogP contribution in [0.5, 0.6) is 0 Å². The van der Waals surface area contributed by atoms with Crippen molar-refractivity contribution in [2.24, 2.45) is 39.6 Å². The molecule has 6 aromatic carbocycles. The molecule has 0 bridgehead atoms. The molecule has 4 fully saturated rings. The van der Waals surface area contributed by atoms with Crippen molar-refractivity contribution in [3.8, 4) is 20.9 Å². The predicted molar refractivity (Wildman–Crippen MR) is 382 cm³/mol. The molecule has 3 aliphatic carbocycles. The Morgan fingerprint density at radius 3 is 1.51 bits per heavy atom. The molecule has 1 aliphatic heterocycles.